The Morgan fingerprint density at radius 1 is 0.929 bits per heavy atom. The summed E-state index contributed by atoms with van der Waals surface area (Å²) in [6, 6.07) is 23.5. The van der Waals surface area contributed by atoms with Gasteiger partial charge in [-0.25, -0.2) is 5.01 Å². The van der Waals surface area contributed by atoms with Crippen molar-refractivity contribution in [3.8, 4) is 0 Å². The molecule has 6 nitrogen and oxygen atoms in total. The molecule has 3 aromatic rings. The Labute approximate surface area is 160 Å². The maximum atomic E-state index is 13.5. The number of hydrogen-bond acceptors (Lipinski definition) is 5. The molecule has 2 aliphatic rings. The molecule has 3 aromatic carbocycles. The zero-order valence-electron chi connectivity index (χ0n) is 14.8. The average molecular weight is 369 g/mol. The Morgan fingerprint density at radius 3 is 2.32 bits per heavy atom. The van der Waals surface area contributed by atoms with E-state index in [1.54, 1.807) is 12.1 Å². The van der Waals surface area contributed by atoms with Gasteiger partial charge >= 0.3 is 0 Å². The fourth-order valence-electron chi connectivity index (χ4n) is 4.07. The number of nitrogens with zero attached hydrogens (tertiary/aromatic N) is 3. The Kier molecular flexibility index (Phi) is 3.42. The van der Waals surface area contributed by atoms with Gasteiger partial charge in [-0.2, -0.15) is 5.10 Å². The van der Waals surface area contributed by atoms with Gasteiger partial charge in [0, 0.05) is 24.1 Å². The molecule has 0 fully saturated rings. The number of anilines is 1. The fraction of sp³-hybridized carbons (Fsp3) is 0.0909. The molecule has 28 heavy (non-hydrogen) atoms. The van der Waals surface area contributed by atoms with Crippen LogP contribution in [-0.4, -0.2) is 16.4 Å². The monoisotopic (exact) mass is 369 g/mol. The number of carbonyl (C=O) groups is 1. The average Bonchev–Trinajstić information content (AvgIpc) is 3.25. The number of Topliss-reactive ketones (excluding diaryl/α,β-unsaturated/α-hetero) is 1. The van der Waals surface area contributed by atoms with E-state index in [4.69, 9.17) is 5.10 Å². The van der Waals surface area contributed by atoms with E-state index in [0.717, 1.165) is 22.5 Å². The number of carbonyl (C=O) groups excluding carboxylic acids is 1. The lowest BCUT2D eigenvalue weighted by molar-refractivity contribution is -0.384. The third-order valence-corrected chi connectivity index (χ3v) is 5.42. The van der Waals surface area contributed by atoms with Crippen LogP contribution in [0.25, 0.3) is 0 Å². The number of para-hydroxylation sites is 1. The lowest BCUT2D eigenvalue weighted by Gasteiger charge is -2.30. The summed E-state index contributed by atoms with van der Waals surface area (Å²) in [5.41, 5.74) is 2.97. The van der Waals surface area contributed by atoms with Crippen molar-refractivity contribution in [2.45, 2.75) is 12.0 Å². The molecule has 0 amide bonds. The highest BCUT2D eigenvalue weighted by molar-refractivity contribution is 6.20. The van der Waals surface area contributed by atoms with Gasteiger partial charge in [0.25, 0.3) is 5.69 Å². The maximum Gasteiger partial charge on any atom is 0.269 e. The van der Waals surface area contributed by atoms with Crippen LogP contribution in [0.5, 0.6) is 0 Å². The Bertz CT molecular complexity index is 1140. The minimum Gasteiger partial charge on any atom is -0.291 e. The molecule has 0 radical (unpaired) electrons. The molecular weight excluding hydrogens is 354 g/mol. The summed E-state index contributed by atoms with van der Waals surface area (Å²) >= 11 is 0. The Morgan fingerprint density at radius 2 is 1.61 bits per heavy atom. The summed E-state index contributed by atoms with van der Waals surface area (Å²) in [7, 11) is 0. The van der Waals surface area contributed by atoms with Gasteiger partial charge in [-0.1, -0.05) is 42.5 Å². The summed E-state index contributed by atoms with van der Waals surface area (Å²) in [6.07, 6.45) is 0.405. The molecule has 6 heteroatoms. The van der Waals surface area contributed by atoms with Gasteiger partial charge < -0.3 is 0 Å². The van der Waals surface area contributed by atoms with Crippen LogP contribution in [0.1, 0.15) is 27.9 Å². The standard InChI is InChI=1S/C22H15N3O3/c26-21-18-8-4-5-9-20(18)24-22(21,16-6-2-1-3-7-16)14-19(23-24)15-10-12-17(13-11-15)25(27)28/h1-13H,14H2. The number of rotatable bonds is 3. The second kappa shape index (κ2) is 5.85. The normalized spacial score (nSPS) is 19.9. The summed E-state index contributed by atoms with van der Waals surface area (Å²) in [6.45, 7) is 0. The van der Waals surface area contributed by atoms with Crippen LogP contribution in [0.4, 0.5) is 11.4 Å². The van der Waals surface area contributed by atoms with Crippen molar-refractivity contribution in [1.29, 1.82) is 0 Å². The van der Waals surface area contributed by atoms with Crippen LogP contribution in [0.3, 0.4) is 0 Å². The Hall–Kier alpha value is -3.80. The van der Waals surface area contributed by atoms with Gasteiger partial charge in [-0.05, 0) is 35.4 Å². The summed E-state index contributed by atoms with van der Waals surface area (Å²) < 4.78 is 0. The quantitative estimate of drug-likeness (QED) is 0.509. The van der Waals surface area contributed by atoms with E-state index in [0.29, 0.717) is 12.0 Å². The van der Waals surface area contributed by atoms with E-state index < -0.39 is 10.5 Å². The molecule has 2 heterocycles. The number of hydrazone groups is 1. The molecule has 0 aliphatic carbocycles. The lowest BCUT2D eigenvalue weighted by Crippen LogP contribution is -2.42. The van der Waals surface area contributed by atoms with Gasteiger partial charge in [-0.3, -0.25) is 14.9 Å². The van der Waals surface area contributed by atoms with Gasteiger partial charge in [0.1, 0.15) is 0 Å². The highest BCUT2D eigenvalue weighted by atomic mass is 16.6. The second-order valence-corrected chi connectivity index (χ2v) is 6.91. The third-order valence-electron chi connectivity index (χ3n) is 5.42. The molecule has 1 unspecified atom stereocenters. The molecule has 1 atom stereocenters. The van der Waals surface area contributed by atoms with E-state index in [1.807, 2.05) is 59.6 Å². The molecule has 0 N–H and O–H groups in total. The molecule has 0 saturated heterocycles. The predicted molar refractivity (Wildman–Crippen MR) is 106 cm³/mol. The van der Waals surface area contributed by atoms with Gasteiger partial charge in [0.2, 0.25) is 0 Å². The van der Waals surface area contributed by atoms with Crippen molar-refractivity contribution >= 4 is 22.9 Å². The SMILES string of the molecule is O=C1c2ccccc2N2N=C(c3ccc([N+](=O)[O-])cc3)CC12c1ccccc1. The predicted octanol–water partition coefficient (Wildman–Crippen LogP) is 4.30. The molecule has 0 saturated carbocycles. The van der Waals surface area contributed by atoms with Gasteiger partial charge in [0.15, 0.2) is 11.3 Å². The van der Waals surface area contributed by atoms with Crippen molar-refractivity contribution in [1.82, 2.24) is 0 Å². The topological polar surface area (TPSA) is 75.8 Å². The molecule has 2 aliphatic heterocycles. The van der Waals surface area contributed by atoms with Crippen LogP contribution < -0.4 is 5.01 Å². The van der Waals surface area contributed by atoms with Crippen molar-refractivity contribution < 1.29 is 9.72 Å². The first-order chi connectivity index (χ1) is 13.6. The van der Waals surface area contributed by atoms with E-state index >= 15 is 0 Å². The number of nitro benzene ring substituents is 1. The summed E-state index contributed by atoms with van der Waals surface area (Å²) in [4.78, 5) is 24.0. The van der Waals surface area contributed by atoms with E-state index in [9.17, 15) is 14.9 Å². The van der Waals surface area contributed by atoms with E-state index in [-0.39, 0.29) is 11.5 Å². The summed E-state index contributed by atoms with van der Waals surface area (Å²) in [5, 5.41) is 17.5. The van der Waals surface area contributed by atoms with Crippen LogP contribution in [0.15, 0.2) is 84.0 Å². The number of non-ortho nitro benzene ring substituents is 1. The van der Waals surface area contributed by atoms with Crippen molar-refractivity contribution in [3.63, 3.8) is 0 Å². The van der Waals surface area contributed by atoms with Crippen molar-refractivity contribution in [3.05, 3.63) is 106 Å². The molecular formula is C22H15N3O3. The highest BCUT2D eigenvalue weighted by Gasteiger charge is 2.56. The zero-order chi connectivity index (χ0) is 19.3. The first kappa shape index (κ1) is 16.4. The molecule has 0 bridgehead atoms. The number of benzene rings is 3. The van der Waals surface area contributed by atoms with Gasteiger partial charge in [0.05, 0.1) is 16.3 Å². The number of hydrogen-bond donors (Lipinski definition) is 0. The molecule has 5 rings (SSSR count). The van der Waals surface area contributed by atoms with Gasteiger partial charge in [-0.15, -0.1) is 0 Å². The van der Waals surface area contributed by atoms with Crippen LogP contribution in [0.2, 0.25) is 0 Å². The number of nitro groups is 1. The highest BCUT2D eigenvalue weighted by Crippen LogP contribution is 2.51. The van der Waals surface area contributed by atoms with Crippen LogP contribution in [-0.2, 0) is 5.54 Å². The molecule has 0 spiro atoms. The minimum atomic E-state index is -0.915. The third kappa shape index (κ3) is 2.15. The first-order valence-electron chi connectivity index (χ1n) is 8.93. The number of fused-ring (bicyclic) bond motifs is 3. The first-order valence-corrected chi connectivity index (χ1v) is 8.93. The second-order valence-electron chi connectivity index (χ2n) is 6.91. The van der Waals surface area contributed by atoms with Crippen LogP contribution in [0, 0.1) is 10.1 Å². The zero-order valence-corrected chi connectivity index (χ0v) is 14.8. The van der Waals surface area contributed by atoms with Crippen LogP contribution >= 0.6 is 0 Å². The number of ketones is 1. The summed E-state index contributed by atoms with van der Waals surface area (Å²) in [5.74, 6) is 0.0231. The largest absolute Gasteiger partial charge is 0.291 e. The van der Waals surface area contributed by atoms with Crippen molar-refractivity contribution in [2.24, 2.45) is 5.10 Å². The molecule has 136 valence electrons. The lowest BCUT2D eigenvalue weighted by atomic mass is 9.81. The molecule has 0 aromatic heterocycles. The van der Waals surface area contributed by atoms with Crippen molar-refractivity contribution in [2.75, 3.05) is 5.01 Å². The fourth-order valence-corrected chi connectivity index (χ4v) is 4.07. The minimum absolute atomic E-state index is 0.0231. The Balaban J connectivity index is 1.66. The maximum absolute atomic E-state index is 13.5. The van der Waals surface area contributed by atoms with E-state index in [1.165, 1.54) is 12.1 Å². The smallest absolute Gasteiger partial charge is 0.269 e. The van der Waals surface area contributed by atoms with E-state index in [2.05, 4.69) is 0 Å².